The van der Waals surface area contributed by atoms with Crippen LogP contribution >= 0.6 is 27.7 Å². The molecule has 0 radical (unpaired) electrons. The number of fused-ring (bicyclic) bond motifs is 1. The first kappa shape index (κ1) is 21.0. The Labute approximate surface area is 185 Å². The van der Waals surface area contributed by atoms with Crippen molar-refractivity contribution in [3.8, 4) is 0 Å². The normalized spacial score (nSPS) is 25.4. The fourth-order valence-electron chi connectivity index (χ4n) is 3.76. The van der Waals surface area contributed by atoms with Crippen LogP contribution < -0.4 is 5.73 Å². The van der Waals surface area contributed by atoms with E-state index in [1.165, 1.54) is 41.1 Å². The van der Waals surface area contributed by atoms with E-state index < -0.39 is 22.4 Å². The number of amidine groups is 1. The quantitative estimate of drug-likeness (QED) is 0.686. The molecule has 2 heterocycles. The van der Waals surface area contributed by atoms with Gasteiger partial charge in [0.25, 0.3) is 0 Å². The van der Waals surface area contributed by atoms with Crippen LogP contribution in [0.2, 0.25) is 0 Å². The molecule has 2 aromatic rings. The van der Waals surface area contributed by atoms with E-state index in [0.717, 1.165) is 4.47 Å². The van der Waals surface area contributed by atoms with Crippen molar-refractivity contribution < 1.29 is 13.6 Å². The number of aliphatic imine (C=N–C) groups is 1. The Hall–Kier alpha value is -2.26. The summed E-state index contributed by atoms with van der Waals surface area (Å²) in [6, 6.07) is 7.00. The number of carbonyl (C=O) groups is 1. The first-order valence-corrected chi connectivity index (χ1v) is 10.8. The molecule has 156 valence electrons. The van der Waals surface area contributed by atoms with E-state index in [0.29, 0.717) is 17.5 Å². The van der Waals surface area contributed by atoms with Gasteiger partial charge in [-0.15, -0.1) is 0 Å². The minimum absolute atomic E-state index is 0.0517. The largest absolute Gasteiger partial charge is 0.378 e. The van der Waals surface area contributed by atoms with E-state index in [9.17, 15) is 13.6 Å². The number of aromatic nitrogens is 1. The van der Waals surface area contributed by atoms with Crippen molar-refractivity contribution in [3.63, 3.8) is 0 Å². The monoisotopic (exact) mass is 492 g/mol. The molecule has 1 saturated carbocycles. The molecule has 30 heavy (non-hydrogen) atoms. The van der Waals surface area contributed by atoms with Crippen molar-refractivity contribution in [1.29, 1.82) is 0 Å². The molecule has 2 N–H and O–H groups in total. The van der Waals surface area contributed by atoms with Gasteiger partial charge in [-0.25, -0.2) is 8.78 Å². The Kier molecular flexibility index (Phi) is 5.44. The maximum absolute atomic E-state index is 14.7. The second-order valence-corrected chi connectivity index (χ2v) is 9.82. The Bertz CT molecular complexity index is 1070. The van der Waals surface area contributed by atoms with Gasteiger partial charge in [-0.1, -0.05) is 17.8 Å². The van der Waals surface area contributed by atoms with E-state index in [2.05, 4.69) is 25.9 Å². The number of nitrogens with two attached hydrogens (primary N) is 1. The Morgan fingerprint density at radius 3 is 2.80 bits per heavy atom. The van der Waals surface area contributed by atoms with Crippen LogP contribution in [-0.2, 0) is 4.79 Å². The average molecular weight is 493 g/mol. The minimum Gasteiger partial charge on any atom is -0.378 e. The predicted octanol–water partition coefficient (Wildman–Crippen LogP) is 4.40. The molecule has 5 nitrogen and oxygen atoms in total. The molecule has 1 aromatic carbocycles. The SMILES string of the molecule is CN(C)C(=O)C12CC1C(c1cc(/C=C(\F)c3ccc(Br)cn3)ccc1F)N=C(N)S2. The molecule has 0 saturated heterocycles. The van der Waals surface area contributed by atoms with Gasteiger partial charge in [0.2, 0.25) is 5.91 Å². The third-order valence-electron chi connectivity index (χ3n) is 5.27. The molecular weight excluding hydrogens is 474 g/mol. The van der Waals surface area contributed by atoms with Gasteiger partial charge in [-0.2, -0.15) is 0 Å². The fourth-order valence-corrected chi connectivity index (χ4v) is 5.35. The molecule has 2 aliphatic rings. The fraction of sp³-hybridized carbons (Fsp3) is 0.286. The number of nitrogens with zero attached hydrogens (tertiary/aromatic N) is 3. The van der Waals surface area contributed by atoms with Crippen molar-refractivity contribution in [2.75, 3.05) is 14.1 Å². The molecule has 1 amide bonds. The third kappa shape index (κ3) is 3.76. The van der Waals surface area contributed by atoms with Crippen LogP contribution in [0, 0.1) is 11.7 Å². The van der Waals surface area contributed by atoms with E-state index in [1.54, 1.807) is 32.3 Å². The van der Waals surface area contributed by atoms with Crippen LogP contribution in [0.1, 0.15) is 29.3 Å². The smallest absolute Gasteiger partial charge is 0.239 e. The number of amides is 1. The molecule has 1 aliphatic heterocycles. The molecule has 4 rings (SSSR count). The summed E-state index contributed by atoms with van der Waals surface area (Å²) in [5, 5.41) is 0.259. The molecule has 9 heteroatoms. The standard InChI is InChI=1S/C21H19BrF2N4OS/c1-28(2)19(29)21-9-14(21)18(27-20(25)30-21)13-7-11(3-5-15(13)23)8-16(24)17-6-4-12(22)10-26-17/h3-8,10,14,18H,9H2,1-2H3,(H2,25,27)/b16-8-. The molecule has 1 aromatic heterocycles. The summed E-state index contributed by atoms with van der Waals surface area (Å²) >= 11 is 4.51. The first-order chi connectivity index (χ1) is 14.2. The van der Waals surface area contributed by atoms with Gasteiger partial charge in [0, 0.05) is 36.2 Å². The van der Waals surface area contributed by atoms with Crippen LogP contribution in [-0.4, -0.2) is 39.8 Å². The summed E-state index contributed by atoms with van der Waals surface area (Å²) in [7, 11) is 3.38. The first-order valence-electron chi connectivity index (χ1n) is 9.24. The lowest BCUT2D eigenvalue weighted by atomic mass is 9.97. The third-order valence-corrected chi connectivity index (χ3v) is 7.06. The molecule has 3 unspecified atom stereocenters. The molecule has 0 bridgehead atoms. The van der Waals surface area contributed by atoms with E-state index >= 15 is 0 Å². The Balaban J connectivity index is 1.67. The summed E-state index contributed by atoms with van der Waals surface area (Å²) in [5.74, 6) is -1.20. The van der Waals surface area contributed by atoms with Crippen LogP contribution in [0.3, 0.4) is 0 Å². The van der Waals surface area contributed by atoms with Crippen molar-refractivity contribution >= 4 is 50.7 Å². The number of hydrogen-bond acceptors (Lipinski definition) is 5. The topological polar surface area (TPSA) is 71.6 Å². The number of carbonyl (C=O) groups excluding carboxylic acids is 1. The van der Waals surface area contributed by atoms with E-state index in [4.69, 9.17) is 5.73 Å². The van der Waals surface area contributed by atoms with Gasteiger partial charge in [-0.3, -0.25) is 14.8 Å². The number of hydrogen-bond donors (Lipinski definition) is 1. The lowest BCUT2D eigenvalue weighted by Crippen LogP contribution is -2.39. The number of benzene rings is 1. The number of pyridine rings is 1. The van der Waals surface area contributed by atoms with Gasteiger partial charge < -0.3 is 10.6 Å². The van der Waals surface area contributed by atoms with Gasteiger partial charge in [-0.05, 0) is 58.3 Å². The van der Waals surface area contributed by atoms with Crippen molar-refractivity contribution in [2.24, 2.45) is 16.6 Å². The van der Waals surface area contributed by atoms with Gasteiger partial charge in [0.05, 0.1) is 11.7 Å². The second-order valence-electron chi connectivity index (χ2n) is 7.55. The van der Waals surface area contributed by atoms with Crippen molar-refractivity contribution in [3.05, 3.63) is 63.6 Å². The van der Waals surface area contributed by atoms with Crippen LogP contribution in [0.15, 0.2) is 46.0 Å². The minimum atomic E-state index is -0.703. The molecule has 1 fully saturated rings. The summed E-state index contributed by atoms with van der Waals surface area (Å²) in [6.07, 6.45) is 3.37. The predicted molar refractivity (Wildman–Crippen MR) is 119 cm³/mol. The molecule has 1 aliphatic carbocycles. The van der Waals surface area contributed by atoms with Gasteiger partial charge in [0.1, 0.15) is 16.4 Å². The summed E-state index contributed by atoms with van der Waals surface area (Å²) in [6.45, 7) is 0. The maximum atomic E-state index is 14.7. The average Bonchev–Trinajstić information content (AvgIpc) is 3.44. The molecular formula is C21H19BrF2N4OS. The van der Waals surface area contributed by atoms with Crippen molar-refractivity contribution in [2.45, 2.75) is 17.2 Å². The molecule has 3 atom stereocenters. The van der Waals surface area contributed by atoms with Gasteiger partial charge >= 0.3 is 0 Å². The van der Waals surface area contributed by atoms with Crippen LogP contribution in [0.5, 0.6) is 0 Å². The van der Waals surface area contributed by atoms with Crippen molar-refractivity contribution in [1.82, 2.24) is 9.88 Å². The molecule has 0 spiro atoms. The number of rotatable bonds is 4. The lowest BCUT2D eigenvalue weighted by molar-refractivity contribution is -0.129. The zero-order valence-electron chi connectivity index (χ0n) is 16.3. The zero-order chi connectivity index (χ0) is 21.6. The van der Waals surface area contributed by atoms with Gasteiger partial charge in [0.15, 0.2) is 5.17 Å². The van der Waals surface area contributed by atoms with E-state index in [1.807, 2.05) is 0 Å². The maximum Gasteiger partial charge on any atom is 0.239 e. The highest BCUT2D eigenvalue weighted by Crippen LogP contribution is 2.64. The van der Waals surface area contributed by atoms with E-state index in [-0.39, 0.29) is 22.7 Å². The highest BCUT2D eigenvalue weighted by Gasteiger charge is 2.67. The van der Waals surface area contributed by atoms with Crippen LogP contribution in [0.4, 0.5) is 8.78 Å². The summed E-state index contributed by atoms with van der Waals surface area (Å²) < 4.78 is 29.4. The zero-order valence-corrected chi connectivity index (χ0v) is 18.7. The summed E-state index contributed by atoms with van der Waals surface area (Å²) in [5.41, 5.74) is 6.96. The highest BCUT2D eigenvalue weighted by atomic mass is 79.9. The second kappa shape index (κ2) is 7.77. The Morgan fingerprint density at radius 1 is 1.37 bits per heavy atom. The number of halogens is 3. The summed E-state index contributed by atoms with van der Waals surface area (Å²) in [4.78, 5) is 22.7. The number of thioether (sulfide) groups is 1. The highest BCUT2D eigenvalue weighted by molar-refractivity contribution is 9.10. The Morgan fingerprint density at radius 2 is 2.13 bits per heavy atom. The van der Waals surface area contributed by atoms with Crippen LogP contribution in [0.25, 0.3) is 11.9 Å². The lowest BCUT2D eigenvalue weighted by Gasteiger charge is -2.27.